The van der Waals surface area contributed by atoms with Gasteiger partial charge in [-0.3, -0.25) is 4.79 Å². The number of nitrogens with two attached hydrogens (primary N) is 1. The van der Waals surface area contributed by atoms with Gasteiger partial charge in [-0.25, -0.2) is 0 Å². The highest BCUT2D eigenvalue weighted by Crippen LogP contribution is 2.17. The zero-order valence-electron chi connectivity index (χ0n) is 14.8. The van der Waals surface area contributed by atoms with Gasteiger partial charge in [0.25, 0.3) is 0 Å². The largest absolute Gasteiger partial charge is 0.368 e. The maximum atomic E-state index is 12.2. The lowest BCUT2D eigenvalue weighted by Gasteiger charge is -2.13. The second-order valence-electron chi connectivity index (χ2n) is 5.78. The van der Waals surface area contributed by atoms with Crippen molar-refractivity contribution >= 4 is 29.6 Å². The Morgan fingerprint density at radius 1 is 1.24 bits per heavy atom. The summed E-state index contributed by atoms with van der Waals surface area (Å²) in [5, 5.41) is 2.76. The molecule has 0 aliphatic rings. The van der Waals surface area contributed by atoms with Crippen molar-refractivity contribution in [3.8, 4) is 0 Å². The van der Waals surface area contributed by atoms with E-state index in [0.29, 0.717) is 24.1 Å². The number of nitrogens with one attached hydrogen (secondary N) is 1. The van der Waals surface area contributed by atoms with E-state index in [1.807, 2.05) is 39.2 Å². The molecule has 0 radical (unpaired) electrons. The van der Waals surface area contributed by atoms with Gasteiger partial charge < -0.3 is 16.0 Å². The molecular formula is C17H24N6OS. The molecular weight excluding hydrogens is 336 g/mol. The summed E-state index contributed by atoms with van der Waals surface area (Å²) in [6, 6.07) is 10.1. The molecule has 0 fully saturated rings. The predicted octanol–water partition coefficient (Wildman–Crippen LogP) is 1.50. The Hall–Kier alpha value is -2.35. The van der Waals surface area contributed by atoms with Crippen molar-refractivity contribution < 1.29 is 4.79 Å². The van der Waals surface area contributed by atoms with Crippen LogP contribution in [0.4, 0.5) is 11.9 Å². The molecule has 3 N–H and O–H groups in total. The van der Waals surface area contributed by atoms with Gasteiger partial charge in [0.05, 0.1) is 11.0 Å². The van der Waals surface area contributed by atoms with E-state index in [9.17, 15) is 4.79 Å². The first-order chi connectivity index (χ1) is 12.0. The van der Waals surface area contributed by atoms with Crippen LogP contribution in [0.15, 0.2) is 30.3 Å². The average Bonchev–Trinajstić information content (AvgIpc) is 2.60. The van der Waals surface area contributed by atoms with Crippen molar-refractivity contribution in [2.24, 2.45) is 0 Å². The van der Waals surface area contributed by atoms with E-state index in [4.69, 9.17) is 5.73 Å². The summed E-state index contributed by atoms with van der Waals surface area (Å²) >= 11 is 1.47. The number of carbonyl (C=O) groups is 1. The van der Waals surface area contributed by atoms with Crippen LogP contribution < -0.4 is 16.0 Å². The number of hydrogen-bond donors (Lipinski definition) is 2. The van der Waals surface area contributed by atoms with Crippen LogP contribution in [0.1, 0.15) is 18.3 Å². The van der Waals surface area contributed by atoms with E-state index in [0.717, 1.165) is 6.42 Å². The number of amides is 1. The molecule has 25 heavy (non-hydrogen) atoms. The SMILES string of the molecule is C[C@H](SCc1nc(N)nc(N(C)C)n1)C(=O)NCCc1ccccc1. The van der Waals surface area contributed by atoms with Crippen molar-refractivity contribution in [1.82, 2.24) is 20.3 Å². The molecule has 0 aliphatic heterocycles. The highest BCUT2D eigenvalue weighted by molar-refractivity contribution is 7.99. The first kappa shape index (κ1) is 19.0. The molecule has 2 rings (SSSR count). The minimum absolute atomic E-state index is 0.00999. The van der Waals surface area contributed by atoms with Crippen LogP contribution in [0.2, 0.25) is 0 Å². The fraction of sp³-hybridized carbons (Fsp3) is 0.412. The van der Waals surface area contributed by atoms with E-state index in [2.05, 4.69) is 32.4 Å². The molecule has 7 nitrogen and oxygen atoms in total. The minimum atomic E-state index is -0.198. The average molecular weight is 360 g/mol. The topological polar surface area (TPSA) is 97.0 Å². The van der Waals surface area contributed by atoms with Crippen molar-refractivity contribution in [3.63, 3.8) is 0 Å². The number of nitrogen functional groups attached to an aromatic ring is 1. The molecule has 8 heteroatoms. The van der Waals surface area contributed by atoms with Gasteiger partial charge >= 0.3 is 0 Å². The van der Waals surface area contributed by atoms with E-state index < -0.39 is 0 Å². The Labute approximate surface area is 152 Å². The van der Waals surface area contributed by atoms with E-state index in [1.165, 1.54) is 17.3 Å². The maximum Gasteiger partial charge on any atom is 0.232 e. The summed E-state index contributed by atoms with van der Waals surface area (Å²) in [6.45, 7) is 2.50. The van der Waals surface area contributed by atoms with E-state index >= 15 is 0 Å². The number of carbonyl (C=O) groups excluding carboxylic acids is 1. The van der Waals surface area contributed by atoms with Gasteiger partial charge in [-0.05, 0) is 18.9 Å². The Morgan fingerprint density at radius 3 is 2.64 bits per heavy atom. The Balaban J connectivity index is 1.79. The Bertz CT molecular complexity index is 695. The van der Waals surface area contributed by atoms with Crippen LogP contribution in [-0.2, 0) is 17.0 Å². The van der Waals surface area contributed by atoms with E-state index in [1.54, 1.807) is 4.90 Å². The molecule has 0 aliphatic carbocycles. The molecule has 2 aromatic rings. The summed E-state index contributed by atoms with van der Waals surface area (Å²) in [7, 11) is 3.68. The lowest BCUT2D eigenvalue weighted by atomic mass is 10.1. The Morgan fingerprint density at radius 2 is 1.96 bits per heavy atom. The van der Waals surface area contributed by atoms with Crippen molar-refractivity contribution in [1.29, 1.82) is 0 Å². The molecule has 0 spiro atoms. The first-order valence-corrected chi connectivity index (χ1v) is 9.11. The summed E-state index contributed by atoms with van der Waals surface area (Å²) in [6.07, 6.45) is 0.820. The lowest BCUT2D eigenvalue weighted by molar-refractivity contribution is -0.120. The highest BCUT2D eigenvalue weighted by atomic mass is 32.2. The van der Waals surface area contributed by atoms with Crippen LogP contribution in [0.5, 0.6) is 0 Å². The fourth-order valence-corrected chi connectivity index (χ4v) is 2.85. The quantitative estimate of drug-likeness (QED) is 0.736. The van der Waals surface area contributed by atoms with Gasteiger partial charge in [-0.2, -0.15) is 15.0 Å². The number of thioether (sulfide) groups is 1. The summed E-state index contributed by atoms with van der Waals surface area (Å²) < 4.78 is 0. The van der Waals surface area contributed by atoms with Crippen LogP contribution in [-0.4, -0.2) is 46.7 Å². The molecule has 1 aromatic carbocycles. The van der Waals surface area contributed by atoms with Gasteiger partial charge in [0.15, 0.2) is 0 Å². The molecule has 134 valence electrons. The third kappa shape index (κ3) is 6.22. The van der Waals surface area contributed by atoms with Gasteiger partial charge in [-0.15, -0.1) is 11.8 Å². The summed E-state index contributed by atoms with van der Waals surface area (Å²) in [4.78, 5) is 26.5. The minimum Gasteiger partial charge on any atom is -0.368 e. The lowest BCUT2D eigenvalue weighted by Crippen LogP contribution is -2.32. The number of hydrogen-bond acceptors (Lipinski definition) is 7. The highest BCUT2D eigenvalue weighted by Gasteiger charge is 2.15. The van der Waals surface area contributed by atoms with Gasteiger partial charge in [0.1, 0.15) is 5.82 Å². The Kier molecular flexibility index (Phi) is 7.00. The molecule has 1 atom stereocenters. The molecule has 0 unspecified atom stereocenters. The summed E-state index contributed by atoms with van der Waals surface area (Å²) in [5.41, 5.74) is 6.92. The smallest absolute Gasteiger partial charge is 0.232 e. The molecule has 0 saturated carbocycles. The van der Waals surface area contributed by atoms with Crippen LogP contribution >= 0.6 is 11.8 Å². The second kappa shape index (κ2) is 9.22. The number of anilines is 2. The zero-order chi connectivity index (χ0) is 18.2. The van der Waals surface area contributed by atoms with Crippen LogP contribution in [0.3, 0.4) is 0 Å². The normalized spacial score (nSPS) is 11.8. The predicted molar refractivity (Wildman–Crippen MR) is 102 cm³/mol. The second-order valence-corrected chi connectivity index (χ2v) is 7.11. The number of aromatic nitrogens is 3. The standard InChI is InChI=1S/C17H24N6OS/c1-12(15(24)19-10-9-13-7-5-4-6-8-13)25-11-14-20-16(18)22-17(21-14)23(2)3/h4-8,12H,9-11H2,1-3H3,(H,19,24)(H2,18,20,21,22)/t12-/m0/s1. The first-order valence-electron chi connectivity index (χ1n) is 8.06. The zero-order valence-corrected chi connectivity index (χ0v) is 15.6. The molecule has 0 bridgehead atoms. The number of benzene rings is 1. The van der Waals surface area contributed by atoms with Gasteiger partial charge in [-0.1, -0.05) is 30.3 Å². The molecule has 1 heterocycles. The molecule has 1 aromatic heterocycles. The van der Waals surface area contributed by atoms with Crippen LogP contribution in [0.25, 0.3) is 0 Å². The van der Waals surface area contributed by atoms with Gasteiger partial charge in [0, 0.05) is 20.6 Å². The molecule has 1 amide bonds. The van der Waals surface area contributed by atoms with E-state index in [-0.39, 0.29) is 17.1 Å². The van der Waals surface area contributed by atoms with Crippen molar-refractivity contribution in [2.75, 3.05) is 31.3 Å². The summed E-state index contributed by atoms with van der Waals surface area (Å²) in [5.74, 6) is 1.79. The van der Waals surface area contributed by atoms with Gasteiger partial charge in [0.2, 0.25) is 17.8 Å². The van der Waals surface area contributed by atoms with Crippen molar-refractivity contribution in [3.05, 3.63) is 41.7 Å². The number of nitrogens with zero attached hydrogens (tertiary/aromatic N) is 4. The third-order valence-corrected chi connectivity index (χ3v) is 4.61. The van der Waals surface area contributed by atoms with Crippen LogP contribution in [0, 0.1) is 0 Å². The monoisotopic (exact) mass is 360 g/mol. The van der Waals surface area contributed by atoms with Crippen molar-refractivity contribution in [2.45, 2.75) is 24.3 Å². The molecule has 0 saturated heterocycles. The fourth-order valence-electron chi connectivity index (χ4n) is 2.08. The number of rotatable bonds is 8. The maximum absolute atomic E-state index is 12.2. The third-order valence-electron chi connectivity index (χ3n) is 3.47.